The number of ether oxygens (including phenoxy) is 1. The number of piperidine rings is 1. The molecule has 0 saturated carbocycles. The molecule has 1 aromatic rings. The molecule has 1 heterocycles. The highest BCUT2D eigenvalue weighted by molar-refractivity contribution is 6.01. The Bertz CT molecular complexity index is 676. The van der Waals surface area contributed by atoms with E-state index >= 15 is 0 Å². The molecule has 26 heavy (non-hydrogen) atoms. The topological polar surface area (TPSA) is 49.9 Å². The highest BCUT2D eigenvalue weighted by Gasteiger charge is 2.42. The second kappa shape index (κ2) is 7.97. The minimum Gasteiger partial charge on any atom is -0.462 e. The monoisotopic (exact) mass is 372 g/mol. The van der Waals surface area contributed by atoms with Gasteiger partial charge in [-0.1, -0.05) is 0 Å². The minimum absolute atomic E-state index is 0.0104. The van der Waals surface area contributed by atoms with E-state index in [9.17, 15) is 22.8 Å². The summed E-state index contributed by atoms with van der Waals surface area (Å²) in [6.07, 6.45) is -1.95. The zero-order valence-electron chi connectivity index (χ0n) is 15.1. The third kappa shape index (κ3) is 4.28. The summed E-state index contributed by atoms with van der Waals surface area (Å²) in [6.45, 7) is 4.60. The molecule has 1 amide bonds. The lowest BCUT2D eigenvalue weighted by Gasteiger charge is -2.36. The number of rotatable bonds is 4. The van der Waals surface area contributed by atoms with Crippen LogP contribution in [-0.4, -0.2) is 44.3 Å². The first-order valence-corrected chi connectivity index (χ1v) is 8.59. The maximum Gasteiger partial charge on any atom is 0.471 e. The Kier molecular flexibility index (Phi) is 6.15. The zero-order chi connectivity index (χ0) is 19.5. The van der Waals surface area contributed by atoms with Gasteiger partial charge in [0, 0.05) is 25.3 Å². The van der Waals surface area contributed by atoms with Crippen molar-refractivity contribution >= 4 is 23.3 Å². The number of hydrogen-bond acceptors (Lipinski definition) is 4. The van der Waals surface area contributed by atoms with Crippen LogP contribution in [0.5, 0.6) is 0 Å². The third-order valence-corrected chi connectivity index (χ3v) is 4.52. The fraction of sp³-hybridized carbons (Fsp3) is 0.556. The van der Waals surface area contributed by atoms with Gasteiger partial charge in [0.15, 0.2) is 0 Å². The fourth-order valence-electron chi connectivity index (χ4n) is 3.12. The van der Waals surface area contributed by atoms with Crippen LogP contribution in [0.25, 0.3) is 0 Å². The Morgan fingerprint density at radius 3 is 2.58 bits per heavy atom. The van der Waals surface area contributed by atoms with Crippen molar-refractivity contribution in [3.05, 3.63) is 23.8 Å². The molecule has 0 spiro atoms. The highest BCUT2D eigenvalue weighted by atomic mass is 19.4. The van der Waals surface area contributed by atoms with Crippen LogP contribution in [0.3, 0.4) is 0 Å². The summed E-state index contributed by atoms with van der Waals surface area (Å²) < 4.78 is 43.2. The smallest absolute Gasteiger partial charge is 0.462 e. The first kappa shape index (κ1) is 20.1. The van der Waals surface area contributed by atoms with E-state index in [1.807, 2.05) is 6.92 Å². The number of benzene rings is 1. The molecule has 1 atom stereocenters. The number of nitrogens with zero attached hydrogens (tertiary/aromatic N) is 2. The summed E-state index contributed by atoms with van der Waals surface area (Å²) in [5.41, 5.74) is 0.774. The minimum atomic E-state index is -4.99. The van der Waals surface area contributed by atoms with Crippen molar-refractivity contribution in [2.45, 2.75) is 45.3 Å². The van der Waals surface area contributed by atoms with E-state index in [1.165, 1.54) is 12.1 Å². The number of alkyl halides is 3. The molecular weight excluding hydrogens is 349 g/mol. The molecule has 1 aliphatic heterocycles. The molecular formula is C18H23F3N2O3. The Morgan fingerprint density at radius 1 is 1.31 bits per heavy atom. The van der Waals surface area contributed by atoms with Gasteiger partial charge in [0.25, 0.3) is 0 Å². The lowest BCUT2D eigenvalue weighted by atomic mass is 10.0. The van der Waals surface area contributed by atoms with Crippen LogP contribution >= 0.6 is 0 Å². The summed E-state index contributed by atoms with van der Waals surface area (Å²) in [5, 5.41) is 0. The van der Waals surface area contributed by atoms with Gasteiger partial charge < -0.3 is 14.5 Å². The molecule has 0 aromatic heterocycles. The number of carbonyl (C=O) groups is 2. The summed E-state index contributed by atoms with van der Waals surface area (Å²) in [7, 11) is 1.03. The average molecular weight is 372 g/mol. The van der Waals surface area contributed by atoms with Crippen LogP contribution in [0.15, 0.2) is 18.2 Å². The molecule has 1 fully saturated rings. The fourth-order valence-corrected chi connectivity index (χ4v) is 3.12. The van der Waals surface area contributed by atoms with Gasteiger partial charge in [0.1, 0.15) is 0 Å². The van der Waals surface area contributed by atoms with E-state index in [1.54, 1.807) is 13.0 Å². The maximum absolute atomic E-state index is 12.7. The van der Waals surface area contributed by atoms with Crippen LogP contribution in [0.1, 0.15) is 43.5 Å². The second-order valence-electron chi connectivity index (χ2n) is 6.32. The summed E-state index contributed by atoms with van der Waals surface area (Å²) in [6, 6.07) is 4.50. The molecule has 1 saturated heterocycles. The summed E-state index contributed by atoms with van der Waals surface area (Å²) >= 11 is 0. The Morgan fingerprint density at radius 2 is 2.00 bits per heavy atom. The average Bonchev–Trinajstić information content (AvgIpc) is 2.60. The van der Waals surface area contributed by atoms with Crippen molar-refractivity contribution in [3.8, 4) is 0 Å². The predicted molar refractivity (Wildman–Crippen MR) is 92.5 cm³/mol. The summed E-state index contributed by atoms with van der Waals surface area (Å²) in [4.78, 5) is 26.4. The molecule has 2 rings (SSSR count). The van der Waals surface area contributed by atoms with E-state index in [0.717, 1.165) is 32.9 Å². The number of carbonyl (C=O) groups excluding carboxylic acids is 2. The second-order valence-corrected chi connectivity index (χ2v) is 6.32. The van der Waals surface area contributed by atoms with Crippen LogP contribution in [0.4, 0.5) is 24.5 Å². The van der Waals surface area contributed by atoms with Gasteiger partial charge >= 0.3 is 18.1 Å². The van der Waals surface area contributed by atoms with Crippen LogP contribution in [-0.2, 0) is 9.53 Å². The molecule has 1 aliphatic rings. The first-order chi connectivity index (χ1) is 12.2. The number of amides is 1. The largest absolute Gasteiger partial charge is 0.471 e. The lowest BCUT2D eigenvalue weighted by Crippen LogP contribution is -2.39. The third-order valence-electron chi connectivity index (χ3n) is 4.52. The number of halogens is 3. The van der Waals surface area contributed by atoms with Crippen molar-refractivity contribution in [1.82, 2.24) is 0 Å². The number of esters is 1. The SMILES string of the molecule is CCOC(=O)c1cc(N(C)C(=O)C(F)(F)F)ccc1N1CCCCC1C. The van der Waals surface area contributed by atoms with Gasteiger partial charge in [-0.15, -0.1) is 0 Å². The van der Waals surface area contributed by atoms with E-state index in [4.69, 9.17) is 4.74 Å². The first-order valence-electron chi connectivity index (χ1n) is 8.59. The van der Waals surface area contributed by atoms with Crippen LogP contribution in [0.2, 0.25) is 0 Å². The van der Waals surface area contributed by atoms with Crippen molar-refractivity contribution < 1.29 is 27.5 Å². The quantitative estimate of drug-likeness (QED) is 0.755. The molecule has 5 nitrogen and oxygen atoms in total. The van der Waals surface area contributed by atoms with Gasteiger partial charge in [-0.2, -0.15) is 13.2 Å². The Balaban J connectivity index is 2.44. The molecule has 0 N–H and O–H groups in total. The van der Waals surface area contributed by atoms with E-state index in [-0.39, 0.29) is 23.9 Å². The molecule has 0 bridgehead atoms. The zero-order valence-corrected chi connectivity index (χ0v) is 15.1. The van der Waals surface area contributed by atoms with Crippen LogP contribution in [0, 0.1) is 0 Å². The van der Waals surface area contributed by atoms with Crippen molar-refractivity contribution in [3.63, 3.8) is 0 Å². The highest BCUT2D eigenvalue weighted by Crippen LogP contribution is 2.32. The molecule has 0 aliphatic carbocycles. The number of anilines is 2. The van der Waals surface area contributed by atoms with Gasteiger partial charge in [-0.25, -0.2) is 4.79 Å². The van der Waals surface area contributed by atoms with Crippen molar-refractivity contribution in [2.75, 3.05) is 30.0 Å². The van der Waals surface area contributed by atoms with Gasteiger partial charge in [-0.05, 0) is 51.3 Å². The van der Waals surface area contributed by atoms with Crippen LogP contribution < -0.4 is 9.80 Å². The Hall–Kier alpha value is -2.25. The predicted octanol–water partition coefficient (Wildman–Crippen LogP) is 3.77. The molecule has 144 valence electrons. The molecule has 1 unspecified atom stereocenters. The van der Waals surface area contributed by atoms with Gasteiger partial charge in [0.05, 0.1) is 17.9 Å². The maximum atomic E-state index is 12.7. The Labute approximate surface area is 150 Å². The standard InChI is InChI=1S/C18H23F3N2O3/c1-4-26-16(24)14-11-13(22(3)17(25)18(19,20)21)8-9-15(14)23-10-6-5-7-12(23)2/h8-9,11-12H,4-7,10H2,1-3H3. The van der Waals surface area contributed by atoms with E-state index < -0.39 is 18.1 Å². The number of hydrogen-bond donors (Lipinski definition) is 0. The van der Waals surface area contributed by atoms with Crippen molar-refractivity contribution in [1.29, 1.82) is 0 Å². The molecule has 1 aromatic carbocycles. The normalized spacial score (nSPS) is 17.8. The lowest BCUT2D eigenvalue weighted by molar-refractivity contribution is -0.170. The summed E-state index contributed by atoms with van der Waals surface area (Å²) in [5.74, 6) is -2.61. The van der Waals surface area contributed by atoms with Crippen molar-refractivity contribution in [2.24, 2.45) is 0 Å². The van der Waals surface area contributed by atoms with E-state index in [0.29, 0.717) is 10.6 Å². The van der Waals surface area contributed by atoms with Gasteiger partial charge in [-0.3, -0.25) is 4.79 Å². The van der Waals surface area contributed by atoms with Gasteiger partial charge in [0.2, 0.25) is 0 Å². The molecule has 8 heteroatoms. The van der Waals surface area contributed by atoms with E-state index in [2.05, 4.69) is 4.90 Å². The molecule has 0 radical (unpaired) electrons.